The molecule has 100 valence electrons. The zero-order valence-electron chi connectivity index (χ0n) is 9.78. The second-order valence-electron chi connectivity index (χ2n) is 3.77. The predicted molar refractivity (Wildman–Crippen MR) is 54.9 cm³/mol. The third-order valence-corrected chi connectivity index (χ3v) is 2.45. The Kier molecular flexibility index (Phi) is 5.29. The summed E-state index contributed by atoms with van der Waals surface area (Å²) in [5.41, 5.74) is 0. The first-order valence-corrected chi connectivity index (χ1v) is 5.42. The number of esters is 1. The molecule has 1 rings (SSSR count). The van der Waals surface area contributed by atoms with Gasteiger partial charge >= 0.3 is 5.97 Å². The van der Waals surface area contributed by atoms with Gasteiger partial charge in [-0.05, 0) is 6.92 Å². The fourth-order valence-electron chi connectivity index (χ4n) is 1.56. The molecule has 7 nitrogen and oxygen atoms in total. The first-order chi connectivity index (χ1) is 7.97. The van der Waals surface area contributed by atoms with Crippen LogP contribution < -0.4 is 0 Å². The number of hydrogen-bond acceptors (Lipinski definition) is 7. The zero-order valence-corrected chi connectivity index (χ0v) is 9.78. The summed E-state index contributed by atoms with van der Waals surface area (Å²) in [6.45, 7) is 3.00. The van der Waals surface area contributed by atoms with Crippen LogP contribution in [0.1, 0.15) is 13.8 Å². The van der Waals surface area contributed by atoms with Crippen LogP contribution in [0.4, 0.5) is 0 Å². The van der Waals surface area contributed by atoms with E-state index in [0.29, 0.717) is 0 Å². The molecule has 3 unspecified atom stereocenters. The van der Waals surface area contributed by atoms with Crippen molar-refractivity contribution in [2.45, 2.75) is 44.6 Å². The fourth-order valence-corrected chi connectivity index (χ4v) is 1.56. The highest BCUT2D eigenvalue weighted by Gasteiger charge is 2.44. The summed E-state index contributed by atoms with van der Waals surface area (Å²) < 4.78 is 15.0. The van der Waals surface area contributed by atoms with E-state index < -0.39 is 36.7 Å². The fraction of sp³-hybridized carbons (Fsp3) is 0.900. The molecule has 1 fully saturated rings. The summed E-state index contributed by atoms with van der Waals surface area (Å²) >= 11 is 0. The molecule has 0 aromatic heterocycles. The Bertz CT molecular complexity index is 257. The molecule has 7 heteroatoms. The van der Waals surface area contributed by atoms with Gasteiger partial charge in [-0.3, -0.25) is 4.79 Å². The van der Waals surface area contributed by atoms with Gasteiger partial charge in [-0.25, -0.2) is 0 Å². The average molecular weight is 250 g/mol. The van der Waals surface area contributed by atoms with Gasteiger partial charge in [0.15, 0.2) is 6.29 Å². The highest BCUT2D eigenvalue weighted by Crippen LogP contribution is 2.22. The van der Waals surface area contributed by atoms with E-state index in [1.54, 1.807) is 6.92 Å². The zero-order chi connectivity index (χ0) is 13.0. The van der Waals surface area contributed by atoms with Crippen molar-refractivity contribution in [3.05, 3.63) is 0 Å². The van der Waals surface area contributed by atoms with Crippen LogP contribution in [0.3, 0.4) is 0 Å². The number of rotatable bonds is 4. The minimum absolute atomic E-state index is 0.205. The molecule has 0 radical (unpaired) electrons. The summed E-state index contributed by atoms with van der Waals surface area (Å²) in [6, 6.07) is 0. The molecule has 5 atom stereocenters. The van der Waals surface area contributed by atoms with Crippen molar-refractivity contribution in [2.24, 2.45) is 0 Å². The molecule has 3 N–H and O–H groups in total. The van der Waals surface area contributed by atoms with E-state index >= 15 is 0 Å². The molecule has 0 amide bonds. The second kappa shape index (κ2) is 6.27. The molecule has 0 aromatic rings. The van der Waals surface area contributed by atoms with E-state index in [0.717, 1.165) is 0 Å². The quantitative estimate of drug-likeness (QED) is 0.516. The summed E-state index contributed by atoms with van der Waals surface area (Å²) in [5, 5.41) is 28.8. The van der Waals surface area contributed by atoms with Crippen LogP contribution >= 0.6 is 0 Å². The lowest BCUT2D eigenvalue weighted by Gasteiger charge is -2.39. The highest BCUT2D eigenvalue weighted by atomic mass is 16.7. The van der Waals surface area contributed by atoms with Crippen molar-refractivity contribution >= 4 is 5.97 Å². The normalized spacial score (nSPS) is 37.8. The number of aliphatic hydroxyl groups is 3. The highest BCUT2D eigenvalue weighted by molar-refractivity contribution is 5.65. The lowest BCUT2D eigenvalue weighted by molar-refractivity contribution is -0.300. The van der Waals surface area contributed by atoms with Gasteiger partial charge in [0.2, 0.25) is 0 Å². The van der Waals surface area contributed by atoms with Crippen LogP contribution in [0.15, 0.2) is 0 Å². The van der Waals surface area contributed by atoms with E-state index in [2.05, 4.69) is 4.74 Å². The molecule has 0 bridgehead atoms. The number of carbonyl (C=O) groups is 1. The molecule has 1 aliphatic rings. The second-order valence-corrected chi connectivity index (χ2v) is 3.77. The van der Waals surface area contributed by atoms with Crippen molar-refractivity contribution < 1.29 is 34.3 Å². The first kappa shape index (κ1) is 14.3. The molecule has 1 heterocycles. The number of hydrogen-bond donors (Lipinski definition) is 3. The largest absolute Gasteiger partial charge is 0.463 e. The van der Waals surface area contributed by atoms with Crippen LogP contribution in [0.5, 0.6) is 0 Å². The van der Waals surface area contributed by atoms with Crippen molar-refractivity contribution in [3.63, 3.8) is 0 Å². The van der Waals surface area contributed by atoms with Gasteiger partial charge in [0.05, 0.1) is 0 Å². The number of aliphatic hydroxyl groups excluding tert-OH is 3. The van der Waals surface area contributed by atoms with Crippen molar-refractivity contribution in [3.8, 4) is 0 Å². The Balaban J connectivity index is 2.60. The Morgan fingerprint density at radius 2 is 1.88 bits per heavy atom. The van der Waals surface area contributed by atoms with Gasteiger partial charge in [0.25, 0.3) is 0 Å². The molecule has 0 spiro atoms. The minimum atomic E-state index is -1.40. The molecule has 1 aliphatic heterocycles. The molecule has 0 aromatic carbocycles. The number of carbonyl (C=O) groups excluding carboxylic acids is 1. The van der Waals surface area contributed by atoms with Crippen molar-refractivity contribution in [2.75, 3.05) is 13.2 Å². The predicted octanol–water partition coefficient (Wildman–Crippen LogP) is -1.61. The summed E-state index contributed by atoms with van der Waals surface area (Å²) in [7, 11) is 0. The average Bonchev–Trinajstić information content (AvgIpc) is 2.28. The topological polar surface area (TPSA) is 105 Å². The van der Waals surface area contributed by atoms with Crippen LogP contribution in [-0.2, 0) is 19.0 Å². The summed E-state index contributed by atoms with van der Waals surface area (Å²) in [4.78, 5) is 10.6. The van der Waals surface area contributed by atoms with Crippen LogP contribution in [0.25, 0.3) is 0 Å². The van der Waals surface area contributed by atoms with Gasteiger partial charge in [-0.1, -0.05) is 0 Å². The van der Waals surface area contributed by atoms with E-state index in [-0.39, 0.29) is 13.2 Å². The Morgan fingerprint density at radius 1 is 1.24 bits per heavy atom. The van der Waals surface area contributed by atoms with Crippen molar-refractivity contribution in [1.82, 2.24) is 0 Å². The maximum atomic E-state index is 10.6. The van der Waals surface area contributed by atoms with Gasteiger partial charge in [0.1, 0.15) is 31.0 Å². The third-order valence-electron chi connectivity index (χ3n) is 2.45. The van der Waals surface area contributed by atoms with Gasteiger partial charge in [-0.2, -0.15) is 0 Å². The standard InChI is InChI=1S/C10H18O7/c1-3-15-10-9(14)8(13)7(12)6(17-10)4-16-5(2)11/h6-10,12-14H,3-4H2,1-2H3/t6?,7-,8?,9?,10+/m1/s1. The third kappa shape index (κ3) is 3.62. The Labute approximate surface area is 98.9 Å². The smallest absolute Gasteiger partial charge is 0.302 e. The maximum Gasteiger partial charge on any atom is 0.302 e. The van der Waals surface area contributed by atoms with Gasteiger partial charge in [0, 0.05) is 13.5 Å². The van der Waals surface area contributed by atoms with E-state index in [4.69, 9.17) is 9.47 Å². The monoisotopic (exact) mass is 250 g/mol. The molecule has 0 aliphatic carbocycles. The van der Waals surface area contributed by atoms with Crippen LogP contribution in [0, 0.1) is 0 Å². The lowest BCUT2D eigenvalue weighted by Crippen LogP contribution is -2.59. The van der Waals surface area contributed by atoms with E-state index in [9.17, 15) is 20.1 Å². The van der Waals surface area contributed by atoms with Crippen LogP contribution in [0.2, 0.25) is 0 Å². The Hall–Kier alpha value is -0.730. The van der Waals surface area contributed by atoms with E-state index in [1.165, 1.54) is 6.92 Å². The van der Waals surface area contributed by atoms with E-state index in [1.807, 2.05) is 0 Å². The van der Waals surface area contributed by atoms with Crippen molar-refractivity contribution in [1.29, 1.82) is 0 Å². The molecule has 1 saturated heterocycles. The molecule has 17 heavy (non-hydrogen) atoms. The lowest BCUT2D eigenvalue weighted by atomic mass is 9.99. The van der Waals surface area contributed by atoms with Gasteiger partial charge in [-0.15, -0.1) is 0 Å². The summed E-state index contributed by atoms with van der Waals surface area (Å²) in [6.07, 6.45) is -6.03. The SMILES string of the molecule is CCO[C@H]1OC(COC(C)=O)[C@@H](O)C(O)C1O. The molecular weight excluding hydrogens is 232 g/mol. The van der Waals surface area contributed by atoms with Gasteiger partial charge < -0.3 is 29.5 Å². The number of ether oxygens (including phenoxy) is 3. The Morgan fingerprint density at radius 3 is 2.41 bits per heavy atom. The molecule has 0 saturated carbocycles. The van der Waals surface area contributed by atoms with Crippen LogP contribution in [-0.4, -0.2) is 65.2 Å². The maximum absolute atomic E-state index is 10.6. The molecular formula is C10H18O7. The minimum Gasteiger partial charge on any atom is -0.463 e. The first-order valence-electron chi connectivity index (χ1n) is 5.42. The summed E-state index contributed by atoms with van der Waals surface area (Å²) in [5.74, 6) is -0.519.